The van der Waals surface area contributed by atoms with E-state index in [0.29, 0.717) is 11.9 Å². The minimum absolute atomic E-state index is 0.280. The molecule has 108 valence electrons. The van der Waals surface area contributed by atoms with Gasteiger partial charge in [0.05, 0.1) is 5.41 Å². The number of piperidine rings is 1. The Morgan fingerprint density at radius 1 is 1.35 bits per heavy atom. The minimum atomic E-state index is -0.280. The molecule has 1 aliphatic carbocycles. The van der Waals surface area contributed by atoms with Crippen molar-refractivity contribution in [3.8, 4) is 0 Å². The van der Waals surface area contributed by atoms with Crippen LogP contribution < -0.4 is 5.32 Å². The Labute approximate surface area is 125 Å². The summed E-state index contributed by atoms with van der Waals surface area (Å²) in [5, 5.41) is 4.02. The van der Waals surface area contributed by atoms with E-state index in [1.807, 2.05) is 36.2 Å². The smallest absolute Gasteiger partial charge is 0.233 e. The van der Waals surface area contributed by atoms with E-state index in [0.717, 1.165) is 49.4 Å². The van der Waals surface area contributed by atoms with E-state index in [-0.39, 0.29) is 5.41 Å². The number of likely N-dealkylation sites (tertiary alicyclic amines) is 1. The Balaban J connectivity index is 1.74. The van der Waals surface area contributed by atoms with Gasteiger partial charge in [-0.15, -0.1) is 0 Å². The third kappa shape index (κ3) is 2.45. The van der Waals surface area contributed by atoms with E-state index in [2.05, 4.69) is 5.32 Å². The molecule has 1 saturated carbocycles. The number of hydrogen-bond donors (Lipinski definition) is 1. The van der Waals surface area contributed by atoms with Crippen LogP contribution in [-0.4, -0.2) is 37.0 Å². The average Bonchev–Trinajstić information content (AvgIpc) is 3.28. The lowest BCUT2D eigenvalue weighted by atomic mass is 9.93. The molecule has 1 aromatic rings. The highest BCUT2D eigenvalue weighted by molar-refractivity contribution is 6.30. The Bertz CT molecular complexity index is 505. The molecule has 1 heterocycles. The molecular weight excluding hydrogens is 272 g/mol. The molecular formula is C16H21ClN2O. The molecule has 1 N–H and O–H groups in total. The topological polar surface area (TPSA) is 32.3 Å². The molecule has 2 fully saturated rings. The second-order valence-corrected chi connectivity index (χ2v) is 6.38. The summed E-state index contributed by atoms with van der Waals surface area (Å²) in [6.07, 6.45) is 4.01. The standard InChI is InChI=1S/C16H21ClN2O/c1-18-14-5-9-19(10-6-14)15(20)16(7-8-16)12-3-2-4-13(17)11-12/h2-4,11,14,18H,5-10H2,1H3. The van der Waals surface area contributed by atoms with Gasteiger partial charge in [-0.3, -0.25) is 4.79 Å². The molecule has 4 heteroatoms. The first kappa shape index (κ1) is 13.9. The Morgan fingerprint density at radius 2 is 2.05 bits per heavy atom. The summed E-state index contributed by atoms with van der Waals surface area (Å²) in [6, 6.07) is 8.35. The van der Waals surface area contributed by atoms with E-state index in [4.69, 9.17) is 11.6 Å². The van der Waals surface area contributed by atoms with Crippen molar-refractivity contribution in [2.24, 2.45) is 0 Å². The van der Waals surface area contributed by atoms with Crippen LogP contribution in [0, 0.1) is 0 Å². The van der Waals surface area contributed by atoms with Gasteiger partial charge in [-0.2, -0.15) is 0 Å². The van der Waals surface area contributed by atoms with Gasteiger partial charge in [0, 0.05) is 24.2 Å². The van der Waals surface area contributed by atoms with Crippen LogP contribution in [0.2, 0.25) is 5.02 Å². The van der Waals surface area contributed by atoms with Crippen LogP contribution in [-0.2, 0) is 10.2 Å². The highest BCUT2D eigenvalue weighted by Crippen LogP contribution is 2.50. The maximum absolute atomic E-state index is 12.9. The second kappa shape index (κ2) is 5.38. The fraction of sp³-hybridized carbons (Fsp3) is 0.562. The van der Waals surface area contributed by atoms with Crippen molar-refractivity contribution in [2.45, 2.75) is 37.1 Å². The van der Waals surface area contributed by atoms with Crippen molar-refractivity contribution in [2.75, 3.05) is 20.1 Å². The second-order valence-electron chi connectivity index (χ2n) is 5.95. The largest absolute Gasteiger partial charge is 0.342 e. The van der Waals surface area contributed by atoms with Crippen LogP contribution in [0.15, 0.2) is 24.3 Å². The van der Waals surface area contributed by atoms with Crippen molar-refractivity contribution >= 4 is 17.5 Å². The van der Waals surface area contributed by atoms with Crippen molar-refractivity contribution in [3.05, 3.63) is 34.9 Å². The number of nitrogens with zero attached hydrogens (tertiary/aromatic N) is 1. The average molecular weight is 293 g/mol. The van der Waals surface area contributed by atoms with Gasteiger partial charge >= 0.3 is 0 Å². The maximum atomic E-state index is 12.9. The first-order chi connectivity index (χ1) is 9.65. The fourth-order valence-electron chi connectivity index (χ4n) is 3.21. The fourth-order valence-corrected chi connectivity index (χ4v) is 3.40. The molecule has 0 aromatic heterocycles. The van der Waals surface area contributed by atoms with E-state index in [9.17, 15) is 4.79 Å². The van der Waals surface area contributed by atoms with Gasteiger partial charge in [-0.1, -0.05) is 23.7 Å². The molecule has 0 unspecified atom stereocenters. The number of carbonyl (C=O) groups excluding carboxylic acids is 1. The number of hydrogen-bond acceptors (Lipinski definition) is 2. The molecule has 20 heavy (non-hydrogen) atoms. The van der Waals surface area contributed by atoms with E-state index < -0.39 is 0 Å². The monoisotopic (exact) mass is 292 g/mol. The summed E-state index contributed by atoms with van der Waals surface area (Å²) in [5.41, 5.74) is 0.808. The van der Waals surface area contributed by atoms with Gasteiger partial charge in [0.15, 0.2) is 0 Å². The highest BCUT2D eigenvalue weighted by Gasteiger charge is 2.53. The summed E-state index contributed by atoms with van der Waals surface area (Å²) in [5.74, 6) is 0.300. The van der Waals surface area contributed by atoms with Gasteiger partial charge in [-0.25, -0.2) is 0 Å². The Morgan fingerprint density at radius 3 is 2.60 bits per heavy atom. The zero-order valence-corrected chi connectivity index (χ0v) is 12.6. The molecule has 0 bridgehead atoms. The Hall–Kier alpha value is -1.06. The van der Waals surface area contributed by atoms with Crippen LogP contribution in [0.3, 0.4) is 0 Å². The third-order valence-corrected chi connectivity index (χ3v) is 4.96. The van der Waals surface area contributed by atoms with Crippen molar-refractivity contribution in [1.82, 2.24) is 10.2 Å². The van der Waals surface area contributed by atoms with Crippen LogP contribution in [0.1, 0.15) is 31.2 Å². The first-order valence-corrected chi connectivity index (χ1v) is 7.76. The summed E-state index contributed by atoms with van der Waals surface area (Å²) >= 11 is 6.07. The molecule has 1 aliphatic heterocycles. The molecule has 1 amide bonds. The summed E-state index contributed by atoms with van der Waals surface area (Å²) < 4.78 is 0. The predicted octanol–water partition coefficient (Wildman–Crippen LogP) is 2.58. The van der Waals surface area contributed by atoms with Gasteiger partial charge < -0.3 is 10.2 Å². The SMILES string of the molecule is CNC1CCN(C(=O)C2(c3cccc(Cl)c3)CC2)CC1. The molecule has 2 aliphatic rings. The van der Waals surface area contributed by atoms with Crippen LogP contribution >= 0.6 is 11.6 Å². The normalized spacial score (nSPS) is 21.8. The predicted molar refractivity (Wildman–Crippen MR) is 81.0 cm³/mol. The maximum Gasteiger partial charge on any atom is 0.233 e. The van der Waals surface area contributed by atoms with Gasteiger partial charge in [0.25, 0.3) is 0 Å². The minimum Gasteiger partial charge on any atom is -0.342 e. The zero-order chi connectivity index (χ0) is 14.2. The molecule has 0 atom stereocenters. The quantitative estimate of drug-likeness (QED) is 0.929. The lowest BCUT2D eigenvalue weighted by Crippen LogP contribution is -2.47. The molecule has 0 spiro atoms. The number of nitrogens with one attached hydrogen (secondary N) is 1. The van der Waals surface area contributed by atoms with E-state index in [1.54, 1.807) is 0 Å². The van der Waals surface area contributed by atoms with Crippen LogP contribution in [0.5, 0.6) is 0 Å². The molecule has 3 nitrogen and oxygen atoms in total. The third-order valence-electron chi connectivity index (χ3n) is 4.73. The number of carbonyl (C=O) groups is 1. The zero-order valence-electron chi connectivity index (χ0n) is 11.9. The lowest BCUT2D eigenvalue weighted by molar-refractivity contribution is -0.135. The Kier molecular flexibility index (Phi) is 3.74. The van der Waals surface area contributed by atoms with Crippen LogP contribution in [0.25, 0.3) is 0 Å². The first-order valence-electron chi connectivity index (χ1n) is 7.38. The molecule has 3 rings (SSSR count). The number of rotatable bonds is 3. The van der Waals surface area contributed by atoms with Crippen LogP contribution in [0.4, 0.5) is 0 Å². The highest BCUT2D eigenvalue weighted by atomic mass is 35.5. The summed E-state index contributed by atoms with van der Waals surface area (Å²) in [6.45, 7) is 1.74. The van der Waals surface area contributed by atoms with Gasteiger partial charge in [0.1, 0.15) is 0 Å². The van der Waals surface area contributed by atoms with Gasteiger partial charge in [-0.05, 0) is 50.4 Å². The van der Waals surface area contributed by atoms with E-state index >= 15 is 0 Å². The van der Waals surface area contributed by atoms with Crippen molar-refractivity contribution in [1.29, 1.82) is 0 Å². The van der Waals surface area contributed by atoms with Gasteiger partial charge in [0.2, 0.25) is 5.91 Å². The number of halogens is 1. The van der Waals surface area contributed by atoms with Crippen molar-refractivity contribution < 1.29 is 4.79 Å². The number of benzene rings is 1. The summed E-state index contributed by atoms with van der Waals surface area (Å²) in [4.78, 5) is 14.9. The number of amides is 1. The lowest BCUT2D eigenvalue weighted by Gasteiger charge is -2.34. The van der Waals surface area contributed by atoms with E-state index in [1.165, 1.54) is 0 Å². The molecule has 1 aromatic carbocycles. The molecule has 0 radical (unpaired) electrons. The summed E-state index contributed by atoms with van der Waals surface area (Å²) in [7, 11) is 2.00. The van der Waals surface area contributed by atoms with Crippen molar-refractivity contribution in [3.63, 3.8) is 0 Å². The molecule has 1 saturated heterocycles.